The fraction of sp³-hybridized carbons (Fsp3) is 0.471. The highest BCUT2D eigenvalue weighted by Gasteiger charge is 2.23. The Morgan fingerprint density at radius 3 is 2.92 bits per heavy atom. The Kier molecular flexibility index (Phi) is 5.50. The summed E-state index contributed by atoms with van der Waals surface area (Å²) >= 11 is 5.25. The van der Waals surface area contributed by atoms with Gasteiger partial charge in [0.05, 0.1) is 6.21 Å². The van der Waals surface area contributed by atoms with E-state index in [9.17, 15) is 5.11 Å². The van der Waals surface area contributed by atoms with Gasteiger partial charge in [-0.3, -0.25) is 5.10 Å². The van der Waals surface area contributed by atoms with Crippen LogP contribution in [0.25, 0.3) is 0 Å². The number of benzene rings is 1. The van der Waals surface area contributed by atoms with Gasteiger partial charge in [0.2, 0.25) is 4.77 Å². The normalized spacial score (nSPS) is 17.4. The number of hydrogen-bond acceptors (Lipinski definition) is 6. The molecule has 25 heavy (non-hydrogen) atoms. The third kappa shape index (κ3) is 3.74. The third-order valence-corrected chi connectivity index (χ3v) is 4.61. The number of phenols is 1. The molecule has 0 bridgehead atoms. The molecule has 0 unspecified atom stereocenters. The zero-order chi connectivity index (χ0) is 17.8. The number of aromatic hydroxyl groups is 1. The molecule has 8 heteroatoms. The molecule has 2 aromatic rings. The van der Waals surface area contributed by atoms with Crippen molar-refractivity contribution in [1.29, 1.82) is 0 Å². The van der Waals surface area contributed by atoms with E-state index in [4.69, 9.17) is 17.0 Å². The molecule has 0 radical (unpaired) electrons. The molecule has 1 aromatic heterocycles. The molecule has 1 saturated heterocycles. The summed E-state index contributed by atoms with van der Waals surface area (Å²) in [6.07, 6.45) is 3.40. The predicted octanol–water partition coefficient (Wildman–Crippen LogP) is 3.23. The van der Waals surface area contributed by atoms with E-state index in [1.807, 2.05) is 12.1 Å². The Labute approximate surface area is 151 Å². The van der Waals surface area contributed by atoms with E-state index in [0.717, 1.165) is 38.2 Å². The molecule has 1 atom stereocenters. The Hall–Kier alpha value is -2.19. The standard InChI is InChI=1S/C17H23N5O2S/c1-3-21(4-2)13-8-7-12(14(23)10-13)11-18-22-16(19-20-17(22)25)15-6-5-9-24-15/h7-8,10-11,15,23H,3-6,9H2,1-2H3,(H,20,25)/b18-11+/t15-/m1/s1. The van der Waals surface area contributed by atoms with Crippen LogP contribution in [-0.4, -0.2) is 45.9 Å². The van der Waals surface area contributed by atoms with E-state index in [1.165, 1.54) is 0 Å². The lowest BCUT2D eigenvalue weighted by molar-refractivity contribution is 0.102. The van der Waals surface area contributed by atoms with Crippen LogP contribution in [0, 0.1) is 4.77 Å². The average Bonchev–Trinajstić information content (AvgIpc) is 3.25. The lowest BCUT2D eigenvalue weighted by Crippen LogP contribution is -2.21. The second kappa shape index (κ2) is 7.79. The molecular weight excluding hydrogens is 338 g/mol. The van der Waals surface area contributed by atoms with Crippen LogP contribution in [0.3, 0.4) is 0 Å². The molecule has 2 heterocycles. The van der Waals surface area contributed by atoms with Crippen LogP contribution in [-0.2, 0) is 4.74 Å². The van der Waals surface area contributed by atoms with Crippen LogP contribution in [0.4, 0.5) is 5.69 Å². The van der Waals surface area contributed by atoms with Crippen molar-refractivity contribution in [2.24, 2.45) is 5.10 Å². The van der Waals surface area contributed by atoms with E-state index in [2.05, 4.69) is 34.0 Å². The van der Waals surface area contributed by atoms with Crippen LogP contribution < -0.4 is 4.90 Å². The van der Waals surface area contributed by atoms with Gasteiger partial charge in [-0.15, -0.1) is 0 Å². The molecule has 3 rings (SSSR count). The van der Waals surface area contributed by atoms with Gasteiger partial charge in [0, 0.05) is 37.0 Å². The van der Waals surface area contributed by atoms with Crippen molar-refractivity contribution in [2.45, 2.75) is 32.8 Å². The highest BCUT2D eigenvalue weighted by Crippen LogP contribution is 2.27. The van der Waals surface area contributed by atoms with E-state index in [0.29, 0.717) is 16.2 Å². The molecule has 2 N–H and O–H groups in total. The lowest BCUT2D eigenvalue weighted by atomic mass is 10.2. The first-order valence-corrected chi connectivity index (χ1v) is 8.96. The number of phenolic OH excluding ortho intramolecular Hbond substituents is 1. The van der Waals surface area contributed by atoms with Crippen molar-refractivity contribution in [2.75, 3.05) is 24.6 Å². The van der Waals surface area contributed by atoms with Crippen LogP contribution >= 0.6 is 12.2 Å². The first kappa shape index (κ1) is 17.6. The van der Waals surface area contributed by atoms with Crippen molar-refractivity contribution in [3.8, 4) is 5.75 Å². The maximum atomic E-state index is 10.3. The maximum Gasteiger partial charge on any atom is 0.216 e. The first-order valence-electron chi connectivity index (χ1n) is 8.55. The molecule has 134 valence electrons. The van der Waals surface area contributed by atoms with Gasteiger partial charge in [0.15, 0.2) is 5.82 Å². The molecule has 0 spiro atoms. The Balaban J connectivity index is 1.85. The van der Waals surface area contributed by atoms with Gasteiger partial charge < -0.3 is 14.7 Å². The SMILES string of the molecule is CCN(CC)c1ccc(/C=N/n2c([C@H]3CCCO3)n[nH]c2=S)c(O)c1. The van der Waals surface area contributed by atoms with Gasteiger partial charge in [-0.05, 0) is 51.0 Å². The summed E-state index contributed by atoms with van der Waals surface area (Å²) in [5.41, 5.74) is 1.61. The summed E-state index contributed by atoms with van der Waals surface area (Å²) in [5.74, 6) is 0.847. The molecular formula is C17H23N5O2S. The average molecular weight is 361 g/mol. The zero-order valence-electron chi connectivity index (χ0n) is 14.5. The molecule has 1 fully saturated rings. The largest absolute Gasteiger partial charge is 0.507 e. The zero-order valence-corrected chi connectivity index (χ0v) is 15.3. The number of hydrogen-bond donors (Lipinski definition) is 2. The molecule has 0 amide bonds. The van der Waals surface area contributed by atoms with Gasteiger partial charge in [-0.2, -0.15) is 14.9 Å². The van der Waals surface area contributed by atoms with Crippen LogP contribution in [0.15, 0.2) is 23.3 Å². The summed E-state index contributed by atoms with van der Waals surface area (Å²) in [6.45, 7) is 6.67. The number of H-pyrrole nitrogens is 1. The van der Waals surface area contributed by atoms with E-state index >= 15 is 0 Å². The summed E-state index contributed by atoms with van der Waals surface area (Å²) in [6, 6.07) is 5.58. The van der Waals surface area contributed by atoms with Gasteiger partial charge in [-0.25, -0.2) is 0 Å². The molecule has 0 aliphatic carbocycles. The summed E-state index contributed by atoms with van der Waals surface area (Å²) in [5, 5.41) is 21.7. The van der Waals surface area contributed by atoms with Gasteiger partial charge in [0.1, 0.15) is 11.9 Å². The van der Waals surface area contributed by atoms with Crippen LogP contribution in [0.1, 0.15) is 44.2 Å². The summed E-state index contributed by atoms with van der Waals surface area (Å²) in [4.78, 5) is 2.17. The molecule has 1 aliphatic rings. The number of ether oxygens (including phenoxy) is 1. The molecule has 1 aromatic carbocycles. The fourth-order valence-electron chi connectivity index (χ4n) is 2.95. The van der Waals surface area contributed by atoms with Crippen LogP contribution in [0.5, 0.6) is 5.75 Å². The van der Waals surface area contributed by atoms with Crippen molar-refractivity contribution in [3.63, 3.8) is 0 Å². The predicted molar refractivity (Wildman–Crippen MR) is 100.0 cm³/mol. The highest BCUT2D eigenvalue weighted by molar-refractivity contribution is 7.71. The Morgan fingerprint density at radius 2 is 2.28 bits per heavy atom. The third-order valence-electron chi connectivity index (χ3n) is 4.35. The molecule has 0 saturated carbocycles. The minimum absolute atomic E-state index is 0.0938. The Morgan fingerprint density at radius 1 is 1.48 bits per heavy atom. The number of nitrogens with one attached hydrogen (secondary N) is 1. The maximum absolute atomic E-state index is 10.3. The topological polar surface area (TPSA) is 78.7 Å². The van der Waals surface area contributed by atoms with Gasteiger partial charge in [-0.1, -0.05) is 0 Å². The van der Waals surface area contributed by atoms with Crippen molar-refractivity contribution < 1.29 is 9.84 Å². The minimum Gasteiger partial charge on any atom is -0.507 e. The van der Waals surface area contributed by atoms with Gasteiger partial charge in [0.25, 0.3) is 0 Å². The quantitative estimate of drug-likeness (QED) is 0.610. The first-order chi connectivity index (χ1) is 12.1. The van der Waals surface area contributed by atoms with E-state index < -0.39 is 0 Å². The fourth-order valence-corrected chi connectivity index (χ4v) is 3.14. The number of rotatable bonds is 6. The number of anilines is 1. The van der Waals surface area contributed by atoms with E-state index in [1.54, 1.807) is 17.0 Å². The number of nitrogens with zero attached hydrogens (tertiary/aromatic N) is 4. The molecule has 7 nitrogen and oxygen atoms in total. The second-order valence-corrected chi connectivity index (χ2v) is 6.25. The van der Waals surface area contributed by atoms with Crippen LogP contribution in [0.2, 0.25) is 0 Å². The van der Waals surface area contributed by atoms with Crippen molar-refractivity contribution in [1.82, 2.24) is 14.9 Å². The minimum atomic E-state index is -0.0938. The lowest BCUT2D eigenvalue weighted by Gasteiger charge is -2.21. The van der Waals surface area contributed by atoms with Crippen molar-refractivity contribution >= 4 is 24.1 Å². The summed E-state index contributed by atoms with van der Waals surface area (Å²) in [7, 11) is 0. The number of aromatic amines is 1. The smallest absolute Gasteiger partial charge is 0.216 e. The second-order valence-electron chi connectivity index (χ2n) is 5.86. The number of aromatic nitrogens is 3. The Bertz CT molecular complexity index is 804. The highest BCUT2D eigenvalue weighted by atomic mass is 32.1. The van der Waals surface area contributed by atoms with Crippen molar-refractivity contribution in [3.05, 3.63) is 34.4 Å². The summed E-state index contributed by atoms with van der Waals surface area (Å²) < 4.78 is 7.62. The monoisotopic (exact) mass is 361 g/mol. The molecule has 1 aliphatic heterocycles. The van der Waals surface area contributed by atoms with E-state index in [-0.39, 0.29) is 11.9 Å². The van der Waals surface area contributed by atoms with Gasteiger partial charge >= 0.3 is 0 Å².